The number of carbonyl (C=O) groups is 1. The third-order valence-corrected chi connectivity index (χ3v) is 4.44. The highest BCUT2D eigenvalue weighted by molar-refractivity contribution is 5.91. The Bertz CT molecular complexity index is 459. The summed E-state index contributed by atoms with van der Waals surface area (Å²) in [5.74, 6) is 1.34. The first-order valence-electron chi connectivity index (χ1n) is 7.64. The minimum atomic E-state index is 0.0367. The summed E-state index contributed by atoms with van der Waals surface area (Å²) in [7, 11) is 0. The number of carbonyl (C=O) groups excluding carboxylic acids is 1. The highest BCUT2D eigenvalue weighted by Crippen LogP contribution is 2.16. The minimum Gasteiger partial charge on any atom is -0.459 e. The predicted octanol–water partition coefficient (Wildman–Crippen LogP) is 0.977. The molecule has 1 aromatic heterocycles. The molecule has 108 valence electrons. The number of amides is 1. The summed E-state index contributed by atoms with van der Waals surface area (Å²) in [6.07, 6.45) is 9.98. The number of rotatable bonds is 3. The van der Waals surface area contributed by atoms with E-state index in [-0.39, 0.29) is 5.91 Å². The number of allylic oxidation sites excluding steroid dienone is 2. The number of quaternary nitrogens is 1. The van der Waals surface area contributed by atoms with E-state index in [0.29, 0.717) is 5.76 Å². The lowest BCUT2D eigenvalue weighted by molar-refractivity contribution is -0.907. The van der Waals surface area contributed by atoms with E-state index < -0.39 is 0 Å². The highest BCUT2D eigenvalue weighted by Gasteiger charge is 2.27. The van der Waals surface area contributed by atoms with E-state index in [2.05, 4.69) is 12.2 Å². The van der Waals surface area contributed by atoms with Crippen molar-refractivity contribution in [3.8, 4) is 0 Å². The molecule has 0 aromatic carbocycles. The standard InChI is InChI=1S/C16H22N2O2/c19-16(15-7-4-12-20-15)18-10-8-17(9-11-18)13-14-5-2-1-3-6-14/h1-2,4,7,12,14H,3,5-6,8-11,13H2/p+1/t14-/m0/s1. The van der Waals surface area contributed by atoms with E-state index in [9.17, 15) is 4.79 Å². The Labute approximate surface area is 120 Å². The summed E-state index contributed by atoms with van der Waals surface area (Å²) in [4.78, 5) is 15.7. The first-order valence-corrected chi connectivity index (χ1v) is 7.64. The molecule has 1 aliphatic carbocycles. The zero-order valence-corrected chi connectivity index (χ0v) is 11.9. The number of hydrogen-bond acceptors (Lipinski definition) is 2. The number of hydrogen-bond donors (Lipinski definition) is 1. The Morgan fingerprint density at radius 3 is 2.85 bits per heavy atom. The van der Waals surface area contributed by atoms with Crippen LogP contribution in [0.4, 0.5) is 0 Å². The van der Waals surface area contributed by atoms with Crippen LogP contribution in [0.2, 0.25) is 0 Å². The smallest absolute Gasteiger partial charge is 0.289 e. The van der Waals surface area contributed by atoms with Crippen molar-refractivity contribution in [3.63, 3.8) is 0 Å². The fraction of sp³-hybridized carbons (Fsp3) is 0.562. The van der Waals surface area contributed by atoms with Crippen molar-refractivity contribution in [1.82, 2.24) is 4.90 Å². The molecule has 0 radical (unpaired) electrons. The molecule has 1 aliphatic heterocycles. The number of piperazine rings is 1. The van der Waals surface area contributed by atoms with Crippen LogP contribution in [0.5, 0.6) is 0 Å². The molecule has 0 bridgehead atoms. The molecule has 0 unspecified atom stereocenters. The molecule has 2 aliphatic rings. The fourth-order valence-electron chi connectivity index (χ4n) is 3.24. The molecule has 1 atom stereocenters. The van der Waals surface area contributed by atoms with Gasteiger partial charge in [0.15, 0.2) is 5.76 Å². The molecule has 1 aromatic rings. The van der Waals surface area contributed by atoms with Crippen molar-refractivity contribution in [3.05, 3.63) is 36.3 Å². The predicted molar refractivity (Wildman–Crippen MR) is 76.7 cm³/mol. The number of nitrogens with one attached hydrogen (secondary N) is 1. The second-order valence-electron chi connectivity index (χ2n) is 5.87. The number of furan rings is 1. The van der Waals surface area contributed by atoms with Crippen LogP contribution in [0.1, 0.15) is 29.8 Å². The summed E-state index contributed by atoms with van der Waals surface area (Å²) in [5, 5.41) is 0. The minimum absolute atomic E-state index is 0.0367. The van der Waals surface area contributed by atoms with Crippen molar-refractivity contribution in [2.24, 2.45) is 5.92 Å². The van der Waals surface area contributed by atoms with Gasteiger partial charge in [0.2, 0.25) is 0 Å². The van der Waals surface area contributed by atoms with Crippen molar-refractivity contribution in [2.45, 2.75) is 19.3 Å². The maximum atomic E-state index is 12.2. The van der Waals surface area contributed by atoms with E-state index >= 15 is 0 Å². The van der Waals surface area contributed by atoms with Gasteiger partial charge >= 0.3 is 0 Å². The Balaban J connectivity index is 1.47. The Morgan fingerprint density at radius 2 is 2.20 bits per heavy atom. The van der Waals surface area contributed by atoms with Gasteiger partial charge in [0, 0.05) is 5.92 Å². The largest absolute Gasteiger partial charge is 0.459 e. The normalized spacial score (nSPS) is 24.0. The van der Waals surface area contributed by atoms with E-state index in [0.717, 1.165) is 32.1 Å². The molecule has 3 rings (SSSR count). The van der Waals surface area contributed by atoms with Gasteiger partial charge in [0.25, 0.3) is 5.91 Å². The molecule has 1 fully saturated rings. The maximum Gasteiger partial charge on any atom is 0.289 e. The molecule has 2 heterocycles. The van der Waals surface area contributed by atoms with Gasteiger partial charge in [-0.1, -0.05) is 12.2 Å². The van der Waals surface area contributed by atoms with Gasteiger partial charge < -0.3 is 14.2 Å². The van der Waals surface area contributed by atoms with Gasteiger partial charge in [0.05, 0.1) is 39.0 Å². The van der Waals surface area contributed by atoms with Crippen molar-refractivity contribution in [2.75, 3.05) is 32.7 Å². The van der Waals surface area contributed by atoms with Crippen LogP contribution in [0.3, 0.4) is 0 Å². The van der Waals surface area contributed by atoms with E-state index in [1.807, 2.05) is 4.90 Å². The summed E-state index contributed by atoms with van der Waals surface area (Å²) in [6.45, 7) is 5.07. The lowest BCUT2D eigenvalue weighted by Crippen LogP contribution is -3.15. The summed E-state index contributed by atoms with van der Waals surface area (Å²) < 4.78 is 5.19. The lowest BCUT2D eigenvalue weighted by Gasteiger charge is -2.33. The van der Waals surface area contributed by atoms with Crippen LogP contribution in [-0.4, -0.2) is 43.5 Å². The van der Waals surface area contributed by atoms with Crippen LogP contribution in [-0.2, 0) is 0 Å². The average molecular weight is 275 g/mol. The van der Waals surface area contributed by atoms with Crippen LogP contribution >= 0.6 is 0 Å². The van der Waals surface area contributed by atoms with Gasteiger partial charge in [-0.2, -0.15) is 0 Å². The van der Waals surface area contributed by atoms with E-state index in [1.54, 1.807) is 23.3 Å². The third kappa shape index (κ3) is 3.12. The monoisotopic (exact) mass is 275 g/mol. The zero-order chi connectivity index (χ0) is 13.8. The summed E-state index contributed by atoms with van der Waals surface area (Å²) >= 11 is 0. The van der Waals surface area contributed by atoms with Gasteiger partial charge in [-0.05, 0) is 31.4 Å². The van der Waals surface area contributed by atoms with Crippen molar-refractivity contribution in [1.29, 1.82) is 0 Å². The molecule has 20 heavy (non-hydrogen) atoms. The molecule has 1 saturated heterocycles. The molecular formula is C16H23N2O2+. The Kier molecular flexibility index (Phi) is 4.21. The molecule has 0 spiro atoms. The lowest BCUT2D eigenvalue weighted by atomic mass is 9.94. The Hall–Kier alpha value is -1.55. The molecule has 1 N–H and O–H groups in total. The van der Waals surface area contributed by atoms with Crippen molar-refractivity contribution < 1.29 is 14.1 Å². The second kappa shape index (κ2) is 6.27. The molecule has 4 heteroatoms. The van der Waals surface area contributed by atoms with Crippen LogP contribution in [0.25, 0.3) is 0 Å². The van der Waals surface area contributed by atoms with Crippen molar-refractivity contribution >= 4 is 5.91 Å². The molecular weight excluding hydrogens is 252 g/mol. The maximum absolute atomic E-state index is 12.2. The van der Waals surface area contributed by atoms with E-state index in [4.69, 9.17) is 4.42 Å². The third-order valence-electron chi connectivity index (χ3n) is 4.44. The fourth-order valence-corrected chi connectivity index (χ4v) is 3.24. The summed E-state index contributed by atoms with van der Waals surface area (Å²) in [6, 6.07) is 3.52. The van der Waals surface area contributed by atoms with Gasteiger partial charge in [0.1, 0.15) is 0 Å². The molecule has 4 nitrogen and oxygen atoms in total. The number of nitrogens with zero attached hydrogens (tertiary/aromatic N) is 1. The van der Waals surface area contributed by atoms with Gasteiger partial charge in [-0.15, -0.1) is 0 Å². The second-order valence-corrected chi connectivity index (χ2v) is 5.87. The molecule has 0 saturated carbocycles. The first kappa shape index (κ1) is 13.4. The molecule has 1 amide bonds. The van der Waals surface area contributed by atoms with E-state index in [1.165, 1.54) is 25.8 Å². The summed E-state index contributed by atoms with van der Waals surface area (Å²) in [5.41, 5.74) is 0. The van der Waals surface area contributed by atoms with Crippen LogP contribution in [0.15, 0.2) is 35.0 Å². The average Bonchev–Trinajstić information content (AvgIpc) is 3.03. The quantitative estimate of drug-likeness (QED) is 0.835. The Morgan fingerprint density at radius 1 is 1.35 bits per heavy atom. The zero-order valence-electron chi connectivity index (χ0n) is 11.9. The van der Waals surface area contributed by atoms with Gasteiger partial charge in [-0.3, -0.25) is 4.79 Å². The first-order chi connectivity index (χ1) is 9.83. The van der Waals surface area contributed by atoms with Gasteiger partial charge in [-0.25, -0.2) is 0 Å². The SMILES string of the molecule is O=C(c1ccco1)N1CC[NH+](C[C@H]2CC=CCC2)CC1. The highest BCUT2D eigenvalue weighted by atomic mass is 16.3. The topological polar surface area (TPSA) is 37.9 Å². The van der Waals surface area contributed by atoms with Crippen LogP contribution in [0, 0.1) is 5.92 Å². The van der Waals surface area contributed by atoms with Crippen LogP contribution < -0.4 is 4.90 Å².